The van der Waals surface area contributed by atoms with Gasteiger partial charge in [0.05, 0.1) is 0 Å². The minimum absolute atomic E-state index is 0.0111. The molecular weight excluding hydrogens is 492 g/mol. The normalized spacial score (nSPS) is 28.6. The van der Waals surface area contributed by atoms with E-state index in [0.29, 0.717) is 36.0 Å². The van der Waals surface area contributed by atoms with Gasteiger partial charge in [-0.15, -0.1) is 0 Å². The summed E-state index contributed by atoms with van der Waals surface area (Å²) < 4.78 is 0. The number of carbonyl (C=O) groups is 2. The Hall–Kier alpha value is -1.84. The molecule has 0 N–H and O–H groups in total. The van der Waals surface area contributed by atoms with Gasteiger partial charge in [-0.25, -0.2) is 0 Å². The summed E-state index contributed by atoms with van der Waals surface area (Å²) in [6.07, 6.45) is 18.4. The Balaban J connectivity index is 1.41. The van der Waals surface area contributed by atoms with Crippen LogP contribution in [0.15, 0.2) is 30.3 Å². The molecule has 3 aliphatic rings. The van der Waals surface area contributed by atoms with E-state index in [-0.39, 0.29) is 11.0 Å². The molecule has 1 saturated heterocycles. The van der Waals surface area contributed by atoms with E-state index in [1.807, 2.05) is 0 Å². The highest BCUT2D eigenvalue weighted by molar-refractivity contribution is 5.76. The Bertz CT molecular complexity index is 918. The third-order valence-electron chi connectivity index (χ3n) is 11.5. The molecule has 3 fully saturated rings. The number of likely N-dealkylation sites (tertiary alicyclic amines) is 1. The first-order chi connectivity index (χ1) is 19.3. The molecule has 40 heavy (non-hydrogen) atoms. The topological polar surface area (TPSA) is 40.6 Å². The number of benzene rings is 1. The molecule has 2 amide bonds. The summed E-state index contributed by atoms with van der Waals surface area (Å²) in [5, 5.41) is 0. The van der Waals surface area contributed by atoms with Crippen LogP contribution in [0, 0.1) is 23.7 Å². The summed E-state index contributed by atoms with van der Waals surface area (Å²) >= 11 is 0. The monoisotopic (exact) mass is 550 g/mol. The van der Waals surface area contributed by atoms with Crippen molar-refractivity contribution < 1.29 is 9.59 Å². The third-order valence-corrected chi connectivity index (χ3v) is 11.5. The smallest absolute Gasteiger partial charge is 0.222 e. The van der Waals surface area contributed by atoms with E-state index in [1.165, 1.54) is 56.9 Å². The second-order valence-corrected chi connectivity index (χ2v) is 14.3. The fourth-order valence-electron chi connectivity index (χ4n) is 8.30. The molecule has 0 radical (unpaired) electrons. The van der Waals surface area contributed by atoms with Crippen LogP contribution in [0.2, 0.25) is 0 Å². The fraction of sp³-hybridized carbons (Fsp3) is 0.778. The van der Waals surface area contributed by atoms with Gasteiger partial charge in [-0.05, 0) is 92.4 Å². The molecule has 3 atom stereocenters. The van der Waals surface area contributed by atoms with Crippen molar-refractivity contribution in [3.05, 3.63) is 35.9 Å². The van der Waals surface area contributed by atoms with Crippen LogP contribution in [-0.4, -0.2) is 47.3 Å². The Kier molecular flexibility index (Phi) is 11.2. The molecule has 2 saturated carbocycles. The van der Waals surface area contributed by atoms with Gasteiger partial charge in [0.1, 0.15) is 0 Å². The van der Waals surface area contributed by atoms with E-state index in [9.17, 15) is 9.59 Å². The zero-order chi connectivity index (χ0) is 28.6. The first kappa shape index (κ1) is 31.1. The van der Waals surface area contributed by atoms with E-state index in [4.69, 9.17) is 0 Å². The van der Waals surface area contributed by atoms with E-state index in [0.717, 1.165) is 64.6 Å². The molecular formula is C36H58N2O2. The Morgan fingerprint density at radius 3 is 2.35 bits per heavy atom. The van der Waals surface area contributed by atoms with E-state index in [1.54, 1.807) is 0 Å². The number of rotatable bonds is 15. The summed E-state index contributed by atoms with van der Waals surface area (Å²) in [7, 11) is 0. The number of nitrogens with zero attached hydrogens (tertiary/aromatic N) is 2. The molecule has 0 bridgehead atoms. The number of carbonyl (C=O) groups excluding carboxylic acids is 2. The molecule has 1 aromatic carbocycles. The van der Waals surface area contributed by atoms with Gasteiger partial charge in [0.15, 0.2) is 0 Å². The highest BCUT2D eigenvalue weighted by Crippen LogP contribution is 2.52. The Morgan fingerprint density at radius 1 is 1.05 bits per heavy atom. The summed E-state index contributed by atoms with van der Waals surface area (Å²) in [6.45, 7) is 12.2. The Morgan fingerprint density at radius 2 is 1.77 bits per heavy atom. The van der Waals surface area contributed by atoms with Gasteiger partial charge < -0.3 is 9.80 Å². The number of hydrogen-bond acceptors (Lipinski definition) is 2. The summed E-state index contributed by atoms with van der Waals surface area (Å²) in [4.78, 5) is 29.7. The van der Waals surface area contributed by atoms with Crippen molar-refractivity contribution in [1.29, 1.82) is 0 Å². The maximum atomic E-state index is 12.7. The second-order valence-electron chi connectivity index (χ2n) is 14.3. The maximum Gasteiger partial charge on any atom is 0.222 e. The predicted octanol–water partition coefficient (Wildman–Crippen LogP) is 8.39. The lowest BCUT2D eigenvalue weighted by molar-refractivity contribution is -0.131. The molecule has 2 unspecified atom stereocenters. The van der Waals surface area contributed by atoms with Gasteiger partial charge in [-0.3, -0.25) is 9.59 Å². The highest BCUT2D eigenvalue weighted by Gasteiger charge is 2.48. The second kappa shape index (κ2) is 14.4. The summed E-state index contributed by atoms with van der Waals surface area (Å²) in [5.74, 6) is 2.89. The lowest BCUT2D eigenvalue weighted by Crippen LogP contribution is -2.55. The van der Waals surface area contributed by atoms with Crippen molar-refractivity contribution in [3.63, 3.8) is 0 Å². The molecule has 0 aromatic heterocycles. The van der Waals surface area contributed by atoms with Crippen molar-refractivity contribution in [2.24, 2.45) is 23.7 Å². The molecule has 2 aliphatic carbocycles. The first-order valence-electron chi connectivity index (χ1n) is 16.9. The van der Waals surface area contributed by atoms with E-state index in [2.05, 4.69) is 67.8 Å². The highest BCUT2D eigenvalue weighted by atomic mass is 16.2. The van der Waals surface area contributed by atoms with Crippen LogP contribution in [0.1, 0.15) is 130 Å². The molecule has 1 heterocycles. The predicted molar refractivity (Wildman–Crippen MR) is 166 cm³/mol. The van der Waals surface area contributed by atoms with Crippen LogP contribution >= 0.6 is 0 Å². The largest absolute Gasteiger partial charge is 0.342 e. The zero-order valence-electron chi connectivity index (χ0n) is 26.2. The molecule has 1 aliphatic heterocycles. The van der Waals surface area contributed by atoms with Gasteiger partial charge in [-0.2, -0.15) is 0 Å². The average molecular weight is 551 g/mol. The SMILES string of the molecule is CCCC(C)C1(c2ccccc2)CCC(CCCC(C)CCC(=O)N2CC[C@@H](C)C2)(N(C=O)CC2CCC2)CC1. The maximum absolute atomic E-state index is 12.7. The van der Waals surface area contributed by atoms with Gasteiger partial charge in [0, 0.05) is 31.6 Å². The van der Waals surface area contributed by atoms with Crippen LogP contribution < -0.4 is 0 Å². The van der Waals surface area contributed by atoms with Crippen LogP contribution in [0.5, 0.6) is 0 Å². The lowest BCUT2D eigenvalue weighted by atomic mass is 9.57. The van der Waals surface area contributed by atoms with Crippen molar-refractivity contribution in [3.8, 4) is 0 Å². The van der Waals surface area contributed by atoms with Crippen molar-refractivity contribution in [2.75, 3.05) is 19.6 Å². The molecule has 224 valence electrons. The number of amides is 2. The average Bonchev–Trinajstić information content (AvgIpc) is 3.38. The molecule has 4 heteroatoms. The van der Waals surface area contributed by atoms with Crippen molar-refractivity contribution in [1.82, 2.24) is 9.80 Å². The zero-order valence-corrected chi connectivity index (χ0v) is 26.2. The third kappa shape index (κ3) is 7.32. The molecule has 4 rings (SSSR count). The summed E-state index contributed by atoms with van der Waals surface area (Å²) in [6, 6.07) is 11.3. The van der Waals surface area contributed by atoms with Gasteiger partial charge in [0.25, 0.3) is 0 Å². The van der Waals surface area contributed by atoms with Gasteiger partial charge >= 0.3 is 0 Å². The molecule has 4 nitrogen and oxygen atoms in total. The van der Waals surface area contributed by atoms with Crippen LogP contribution in [0.4, 0.5) is 0 Å². The van der Waals surface area contributed by atoms with E-state index < -0.39 is 0 Å². The minimum atomic E-state index is -0.0111. The van der Waals surface area contributed by atoms with Gasteiger partial charge in [0.2, 0.25) is 12.3 Å². The molecule has 1 aromatic rings. The van der Waals surface area contributed by atoms with Crippen molar-refractivity contribution in [2.45, 2.75) is 135 Å². The van der Waals surface area contributed by atoms with Crippen molar-refractivity contribution >= 4 is 12.3 Å². The summed E-state index contributed by atoms with van der Waals surface area (Å²) in [5.41, 5.74) is 1.71. The quantitative estimate of drug-likeness (QED) is 0.206. The first-order valence-corrected chi connectivity index (χ1v) is 16.9. The Labute approximate surface area is 245 Å². The lowest BCUT2D eigenvalue weighted by Gasteiger charge is -2.54. The van der Waals surface area contributed by atoms with Crippen LogP contribution in [0.25, 0.3) is 0 Å². The minimum Gasteiger partial charge on any atom is -0.342 e. The fourth-order valence-corrected chi connectivity index (χ4v) is 8.30. The van der Waals surface area contributed by atoms with Crippen LogP contribution in [0.3, 0.4) is 0 Å². The van der Waals surface area contributed by atoms with Crippen LogP contribution in [-0.2, 0) is 15.0 Å². The standard InChI is InChI=1S/C36H58N2O2/c1-5-11-31(4)36(33-15-7-6-8-16-33)23-21-35(22-24-36,38(28-39)27-32-13-9-14-32)20-10-12-29(2)17-18-34(40)37-25-19-30(3)26-37/h6-8,15-16,28-32H,5,9-14,17-27H2,1-4H3/t29?,30-,31?,35?,36?/m1/s1. The van der Waals surface area contributed by atoms with E-state index >= 15 is 0 Å². The molecule has 0 spiro atoms. The van der Waals surface area contributed by atoms with Gasteiger partial charge in [-0.1, -0.05) is 90.1 Å². The number of hydrogen-bond donors (Lipinski definition) is 0.